The molecule has 0 heterocycles. The highest BCUT2D eigenvalue weighted by Crippen LogP contribution is 2.40. The molecule has 43 heavy (non-hydrogen) atoms. The summed E-state index contributed by atoms with van der Waals surface area (Å²) in [5.41, 5.74) is 5.88. The van der Waals surface area contributed by atoms with Gasteiger partial charge < -0.3 is 0 Å². The average Bonchev–Trinajstić information content (AvgIpc) is 3.67. The van der Waals surface area contributed by atoms with E-state index in [1.165, 1.54) is 67.2 Å². The number of benzene rings is 2. The Morgan fingerprint density at radius 3 is 1.09 bits per heavy atom. The second-order valence-corrected chi connectivity index (χ2v) is 16.0. The first-order valence-corrected chi connectivity index (χ1v) is 18.4. The van der Waals surface area contributed by atoms with Crippen LogP contribution in [-0.2, 0) is 0 Å². The van der Waals surface area contributed by atoms with Crippen molar-refractivity contribution >= 4 is 0 Å². The molecule has 2 unspecified atom stereocenters. The maximum absolute atomic E-state index is 2.38. The van der Waals surface area contributed by atoms with E-state index in [-0.39, 0.29) is 0 Å². The van der Waals surface area contributed by atoms with Crippen LogP contribution in [0, 0.1) is 35.5 Å². The first kappa shape index (κ1) is 39.5. The molecular weight excluding hydrogens is 516 g/mol. The summed E-state index contributed by atoms with van der Waals surface area (Å²) < 4.78 is 0. The van der Waals surface area contributed by atoms with Crippen molar-refractivity contribution in [1.29, 1.82) is 0 Å². The summed E-state index contributed by atoms with van der Waals surface area (Å²) in [6.45, 7) is 32.2. The van der Waals surface area contributed by atoms with Crippen LogP contribution in [0.15, 0.2) is 48.5 Å². The molecule has 2 aliphatic carbocycles. The second-order valence-electron chi connectivity index (χ2n) is 16.0. The topological polar surface area (TPSA) is 0 Å². The summed E-state index contributed by atoms with van der Waals surface area (Å²) >= 11 is 0. The molecule has 246 valence electrons. The smallest absolute Gasteiger partial charge is 0.0216 e. The predicted octanol–water partition coefficient (Wildman–Crippen LogP) is 14.4. The SMILES string of the molecule is CC(C)C1CCCC1.CC(C)C1CCCC1C(C)C.CC(C)c1cccc(C(C)C)c1.CC(C)c1ccccc1C(C)C. The summed E-state index contributed by atoms with van der Waals surface area (Å²) in [5.74, 6) is 8.44. The fraction of sp³-hybridized carbons (Fsp3) is 0.721. The lowest BCUT2D eigenvalue weighted by Gasteiger charge is -2.26. The van der Waals surface area contributed by atoms with Gasteiger partial charge in [0.15, 0.2) is 0 Å². The molecule has 2 atom stereocenters. The van der Waals surface area contributed by atoms with Crippen molar-refractivity contribution in [1.82, 2.24) is 0 Å². The maximum Gasteiger partial charge on any atom is -0.0216 e. The predicted molar refractivity (Wildman–Crippen MR) is 197 cm³/mol. The van der Waals surface area contributed by atoms with Crippen LogP contribution in [-0.4, -0.2) is 0 Å². The van der Waals surface area contributed by atoms with Gasteiger partial charge in [-0.2, -0.15) is 0 Å². The zero-order chi connectivity index (χ0) is 32.7. The molecule has 2 aromatic rings. The second kappa shape index (κ2) is 20.5. The van der Waals surface area contributed by atoms with E-state index in [0.717, 1.165) is 35.5 Å². The van der Waals surface area contributed by atoms with Gasteiger partial charge in [0.2, 0.25) is 0 Å². The lowest BCUT2D eigenvalue weighted by molar-refractivity contribution is 0.235. The third-order valence-corrected chi connectivity index (χ3v) is 10.2. The van der Waals surface area contributed by atoms with E-state index in [1.807, 2.05) is 0 Å². The molecule has 0 saturated heterocycles. The Balaban J connectivity index is 0.000000290. The van der Waals surface area contributed by atoms with Gasteiger partial charge in [0.05, 0.1) is 0 Å². The molecule has 2 fully saturated rings. The van der Waals surface area contributed by atoms with Crippen molar-refractivity contribution in [2.45, 2.75) is 166 Å². The van der Waals surface area contributed by atoms with Gasteiger partial charge in [-0.05, 0) is 94.3 Å². The van der Waals surface area contributed by atoms with Gasteiger partial charge in [0, 0.05) is 0 Å². The molecular formula is C43H74. The Morgan fingerprint density at radius 2 is 0.814 bits per heavy atom. The van der Waals surface area contributed by atoms with Crippen LogP contribution in [0.1, 0.15) is 188 Å². The Bertz CT molecular complexity index is 903. The summed E-state index contributed by atoms with van der Waals surface area (Å²) in [7, 11) is 0. The maximum atomic E-state index is 2.38. The molecule has 0 spiro atoms. The van der Waals surface area contributed by atoms with Gasteiger partial charge >= 0.3 is 0 Å². The van der Waals surface area contributed by atoms with Gasteiger partial charge in [-0.25, -0.2) is 0 Å². The third-order valence-electron chi connectivity index (χ3n) is 10.2. The largest absolute Gasteiger partial charge is 0.0625 e. The first-order valence-electron chi connectivity index (χ1n) is 18.4. The molecule has 0 N–H and O–H groups in total. The van der Waals surface area contributed by atoms with Crippen LogP contribution in [0.2, 0.25) is 0 Å². The quantitative estimate of drug-likeness (QED) is 0.301. The highest BCUT2D eigenvalue weighted by molar-refractivity contribution is 5.32. The number of hydrogen-bond donors (Lipinski definition) is 0. The fourth-order valence-electron chi connectivity index (χ4n) is 7.14. The number of rotatable bonds is 7. The normalized spacial score (nSPS) is 18.7. The van der Waals surface area contributed by atoms with Crippen LogP contribution in [0.25, 0.3) is 0 Å². The van der Waals surface area contributed by atoms with E-state index in [2.05, 4.69) is 145 Å². The summed E-state index contributed by atoms with van der Waals surface area (Å²) in [6, 6.07) is 17.6. The van der Waals surface area contributed by atoms with E-state index in [4.69, 9.17) is 0 Å². The first-order chi connectivity index (χ1) is 20.2. The van der Waals surface area contributed by atoms with Crippen molar-refractivity contribution in [3.8, 4) is 0 Å². The van der Waals surface area contributed by atoms with E-state index in [9.17, 15) is 0 Å². The highest BCUT2D eigenvalue weighted by atomic mass is 14.4. The summed E-state index contributed by atoms with van der Waals surface area (Å²) in [5, 5.41) is 0. The molecule has 0 aromatic heterocycles. The average molecular weight is 591 g/mol. The lowest BCUT2D eigenvalue weighted by Crippen LogP contribution is -2.18. The van der Waals surface area contributed by atoms with Crippen LogP contribution in [0.5, 0.6) is 0 Å². The Hall–Kier alpha value is -1.56. The lowest BCUT2D eigenvalue weighted by atomic mass is 9.80. The van der Waals surface area contributed by atoms with Gasteiger partial charge in [-0.3, -0.25) is 0 Å². The third kappa shape index (κ3) is 14.4. The Kier molecular flexibility index (Phi) is 18.8. The molecule has 0 aliphatic heterocycles. The molecule has 4 rings (SSSR count). The van der Waals surface area contributed by atoms with Crippen LogP contribution < -0.4 is 0 Å². The molecule has 0 radical (unpaired) electrons. The molecule has 0 amide bonds. The van der Waals surface area contributed by atoms with Gasteiger partial charge in [-0.1, -0.05) is 178 Å². The zero-order valence-electron chi connectivity index (χ0n) is 31.3. The minimum atomic E-state index is 0.642. The Labute approximate surface area is 271 Å². The standard InChI is InChI=1S/2C12H18.C11H22.C8H16/c1-9(2)11-6-5-7-12(8-11)10(3)4;1-9(2)11-7-5-6-8-12(11)10(3)4;1-8(2)10-6-5-7-11(10)9(3)4;1-7(2)8-5-3-4-6-8/h2*5-10H,1-4H3;8-11H,5-7H2,1-4H3;7-8H,3-6H2,1-2H3. The van der Waals surface area contributed by atoms with Crippen LogP contribution in [0.4, 0.5) is 0 Å². The van der Waals surface area contributed by atoms with E-state index in [0.29, 0.717) is 23.7 Å². The number of hydrogen-bond acceptors (Lipinski definition) is 0. The molecule has 2 saturated carbocycles. The van der Waals surface area contributed by atoms with Crippen molar-refractivity contribution < 1.29 is 0 Å². The molecule has 0 bridgehead atoms. The van der Waals surface area contributed by atoms with Crippen molar-refractivity contribution in [2.75, 3.05) is 0 Å². The fourth-order valence-corrected chi connectivity index (χ4v) is 7.14. The zero-order valence-corrected chi connectivity index (χ0v) is 31.3. The summed E-state index contributed by atoms with van der Waals surface area (Å²) in [6.07, 6.45) is 10.4. The van der Waals surface area contributed by atoms with Crippen molar-refractivity contribution in [2.24, 2.45) is 35.5 Å². The molecule has 0 heteroatoms. The molecule has 2 aromatic carbocycles. The van der Waals surface area contributed by atoms with E-state index < -0.39 is 0 Å². The molecule has 2 aliphatic rings. The van der Waals surface area contributed by atoms with Crippen LogP contribution >= 0.6 is 0 Å². The Morgan fingerprint density at radius 1 is 0.419 bits per heavy atom. The monoisotopic (exact) mass is 591 g/mol. The highest BCUT2D eigenvalue weighted by Gasteiger charge is 2.31. The summed E-state index contributed by atoms with van der Waals surface area (Å²) in [4.78, 5) is 0. The van der Waals surface area contributed by atoms with E-state index >= 15 is 0 Å². The van der Waals surface area contributed by atoms with Gasteiger partial charge in [-0.15, -0.1) is 0 Å². The molecule has 0 nitrogen and oxygen atoms in total. The van der Waals surface area contributed by atoms with Crippen LogP contribution in [0.3, 0.4) is 0 Å². The van der Waals surface area contributed by atoms with Crippen molar-refractivity contribution in [3.63, 3.8) is 0 Å². The minimum Gasteiger partial charge on any atom is -0.0625 e. The van der Waals surface area contributed by atoms with Gasteiger partial charge in [0.1, 0.15) is 0 Å². The minimum absolute atomic E-state index is 0.642. The van der Waals surface area contributed by atoms with Gasteiger partial charge in [0.25, 0.3) is 0 Å². The van der Waals surface area contributed by atoms with E-state index in [1.54, 1.807) is 0 Å². The van der Waals surface area contributed by atoms with Crippen molar-refractivity contribution in [3.05, 3.63) is 70.8 Å².